The number of aromatic nitrogens is 1. The lowest BCUT2D eigenvalue weighted by molar-refractivity contribution is 0.424. The molecule has 0 bridgehead atoms. The third-order valence-corrected chi connectivity index (χ3v) is 4.54. The van der Waals surface area contributed by atoms with E-state index >= 15 is 0 Å². The molecule has 3 aromatic carbocycles. The Kier molecular flexibility index (Phi) is 5.25. The van der Waals surface area contributed by atoms with Gasteiger partial charge < -0.3 is 21.3 Å². The Morgan fingerprint density at radius 3 is 2.62 bits per heavy atom. The summed E-state index contributed by atoms with van der Waals surface area (Å²) in [5.41, 5.74) is 15.2. The van der Waals surface area contributed by atoms with E-state index in [1.54, 1.807) is 0 Å². The summed E-state index contributed by atoms with van der Waals surface area (Å²) in [5, 5.41) is 9.35. The Hall–Kier alpha value is -4.06. The van der Waals surface area contributed by atoms with Crippen molar-refractivity contribution < 1.29 is 5.95 Å². The van der Waals surface area contributed by atoms with Gasteiger partial charge in [0.2, 0.25) is 0 Å². The Morgan fingerprint density at radius 2 is 1.79 bits per heavy atom. The van der Waals surface area contributed by atoms with Crippen molar-refractivity contribution in [2.45, 2.75) is 6.54 Å². The highest BCUT2D eigenvalue weighted by molar-refractivity contribution is 5.97. The zero-order valence-electron chi connectivity index (χ0n) is 15.7. The van der Waals surface area contributed by atoms with Gasteiger partial charge in [0, 0.05) is 24.8 Å². The minimum absolute atomic E-state index is 0. The van der Waals surface area contributed by atoms with E-state index in [1.165, 1.54) is 6.20 Å². The van der Waals surface area contributed by atoms with E-state index in [-0.39, 0.29) is 7.39 Å². The van der Waals surface area contributed by atoms with Gasteiger partial charge in [-0.3, -0.25) is 0 Å². The summed E-state index contributed by atoms with van der Waals surface area (Å²) in [6.07, 6.45) is 1.49. The first kappa shape index (κ1) is 18.3. The van der Waals surface area contributed by atoms with Crippen LogP contribution < -0.4 is 16.8 Å². The van der Waals surface area contributed by atoms with E-state index in [4.69, 9.17) is 16.0 Å². The maximum Gasteiger partial charge on any atom is 0.193 e. The average molecular weight is 385 g/mol. The maximum absolute atomic E-state index is 6.08. The normalized spacial score (nSPS) is 12.3. The fraction of sp³-hybridized carbons (Fsp3) is 0.0435. The van der Waals surface area contributed by atoms with E-state index in [2.05, 4.69) is 27.6 Å². The van der Waals surface area contributed by atoms with E-state index in [9.17, 15) is 0 Å². The van der Waals surface area contributed by atoms with Crippen LogP contribution in [-0.2, 0) is 6.54 Å². The lowest BCUT2D eigenvalue weighted by Crippen LogP contribution is -2.31. The van der Waals surface area contributed by atoms with Crippen LogP contribution in [0.5, 0.6) is 0 Å². The smallest absolute Gasteiger partial charge is 0.193 e. The van der Waals surface area contributed by atoms with Crippen molar-refractivity contribution in [2.75, 3.05) is 0 Å². The van der Waals surface area contributed by atoms with E-state index in [1.807, 2.05) is 66.7 Å². The molecule has 0 aliphatic carbocycles. The molecule has 146 valence electrons. The molecule has 1 aromatic heterocycles. The highest BCUT2D eigenvalue weighted by Crippen LogP contribution is 2.23. The molecule has 29 heavy (non-hydrogen) atoms. The van der Waals surface area contributed by atoms with E-state index < -0.39 is 0 Å². The molecule has 1 heterocycles. The molecule has 0 aliphatic heterocycles. The van der Waals surface area contributed by atoms with Crippen LogP contribution in [0.15, 0.2) is 94.6 Å². The molecular weight excluding hydrogens is 362 g/mol. The summed E-state index contributed by atoms with van der Waals surface area (Å²) >= 11 is 0. The molecule has 0 unspecified atom stereocenters. The molecule has 0 aliphatic rings. The van der Waals surface area contributed by atoms with Crippen molar-refractivity contribution in [3.05, 3.63) is 96.3 Å². The molecule has 0 saturated carbocycles. The van der Waals surface area contributed by atoms with Crippen LogP contribution in [0.3, 0.4) is 0 Å². The first-order valence-electron chi connectivity index (χ1n) is 9.22. The number of aliphatic imine (C=N–C) groups is 1. The average Bonchev–Trinajstić information content (AvgIpc) is 3.25. The van der Waals surface area contributed by atoms with Gasteiger partial charge in [0.25, 0.3) is 0 Å². The third kappa shape index (κ3) is 4.11. The Morgan fingerprint density at radius 1 is 1.03 bits per heavy atom. The molecule has 6 heteroatoms. The number of fused-ring (bicyclic) bond motifs is 1. The van der Waals surface area contributed by atoms with Gasteiger partial charge in [-0.05, 0) is 10.8 Å². The Balaban J connectivity index is 0.00000256. The molecule has 0 amide bonds. The number of benzene rings is 3. The zero-order valence-corrected chi connectivity index (χ0v) is 15.7. The topological polar surface area (TPSA) is 102 Å². The molecule has 0 saturated heterocycles. The van der Waals surface area contributed by atoms with Crippen molar-refractivity contribution >= 4 is 22.4 Å². The fourth-order valence-corrected chi connectivity index (χ4v) is 3.13. The lowest BCUT2D eigenvalue weighted by Gasteiger charge is -2.12. The first-order valence-corrected chi connectivity index (χ1v) is 9.22. The second-order valence-corrected chi connectivity index (χ2v) is 6.48. The number of nitrogens with one attached hydrogen (secondary N) is 1. The number of hydrogen-bond donors (Lipinski definition) is 3. The summed E-state index contributed by atoms with van der Waals surface area (Å²) in [7, 11) is 0. The molecular formula is C23H23N5O. The second kappa shape index (κ2) is 8.31. The molecule has 4 rings (SSSR count). The minimum atomic E-state index is 0. The minimum Gasteiger partial charge on any atom is -0.403 e. The predicted octanol–water partition coefficient (Wildman–Crippen LogP) is 4.10. The fourth-order valence-electron chi connectivity index (χ4n) is 3.13. The second-order valence-electron chi connectivity index (χ2n) is 6.48. The number of hydrogen-bond acceptors (Lipinski definition) is 4. The van der Waals surface area contributed by atoms with Crippen LogP contribution in [0.2, 0.25) is 0 Å². The van der Waals surface area contributed by atoms with Crippen molar-refractivity contribution in [1.82, 2.24) is 10.5 Å². The standard InChI is InChI=1S/C23H21N5O.H2/c24-14-21(20-12-6-10-16-7-4-5-11-19(16)20)27-23(25)26-15-18-13-22(29-28-18)17-8-2-1-3-9-17;/h1-14H,15,24H2,(H3,25,26,27);1H/b21-14-;. The zero-order chi connectivity index (χ0) is 20.1. The van der Waals surface area contributed by atoms with Crippen molar-refractivity contribution in [3.8, 4) is 11.3 Å². The Bertz CT molecular complexity index is 1180. The Labute approximate surface area is 170 Å². The van der Waals surface area contributed by atoms with Gasteiger partial charge in [0.05, 0.1) is 12.2 Å². The van der Waals surface area contributed by atoms with Crippen molar-refractivity contribution in [1.29, 1.82) is 0 Å². The molecule has 0 atom stereocenters. The van der Waals surface area contributed by atoms with Crippen LogP contribution in [-0.4, -0.2) is 11.1 Å². The molecule has 6 nitrogen and oxygen atoms in total. The van der Waals surface area contributed by atoms with Crippen LogP contribution in [0.1, 0.15) is 12.7 Å². The quantitative estimate of drug-likeness (QED) is 0.354. The summed E-state index contributed by atoms with van der Waals surface area (Å²) in [5.74, 6) is 0.944. The van der Waals surface area contributed by atoms with Gasteiger partial charge in [-0.15, -0.1) is 0 Å². The monoisotopic (exact) mass is 385 g/mol. The molecule has 5 N–H and O–H groups in total. The molecule has 0 fully saturated rings. The maximum atomic E-state index is 6.08. The van der Waals surface area contributed by atoms with Gasteiger partial charge in [-0.25, -0.2) is 4.99 Å². The largest absolute Gasteiger partial charge is 0.403 e. The highest BCUT2D eigenvalue weighted by Gasteiger charge is 2.08. The number of nitrogens with two attached hydrogens (primary N) is 2. The lowest BCUT2D eigenvalue weighted by atomic mass is 10.0. The number of guanidine groups is 1. The van der Waals surface area contributed by atoms with Gasteiger partial charge in [-0.2, -0.15) is 0 Å². The SMILES string of the molecule is N/C=C(\NC(N)=NCc1cc(-c2ccccc2)on1)c1cccc2ccccc12.[HH]. The summed E-state index contributed by atoms with van der Waals surface area (Å²) in [6, 6.07) is 25.8. The van der Waals surface area contributed by atoms with Crippen LogP contribution in [0.25, 0.3) is 27.8 Å². The van der Waals surface area contributed by atoms with Gasteiger partial charge >= 0.3 is 0 Å². The van der Waals surface area contributed by atoms with Crippen molar-refractivity contribution in [2.24, 2.45) is 16.5 Å². The van der Waals surface area contributed by atoms with Crippen LogP contribution >= 0.6 is 0 Å². The first-order chi connectivity index (χ1) is 14.2. The summed E-state index contributed by atoms with van der Waals surface area (Å²) in [4.78, 5) is 4.36. The van der Waals surface area contributed by atoms with E-state index in [0.717, 1.165) is 21.9 Å². The summed E-state index contributed by atoms with van der Waals surface area (Å²) < 4.78 is 5.39. The van der Waals surface area contributed by atoms with Crippen LogP contribution in [0.4, 0.5) is 0 Å². The third-order valence-electron chi connectivity index (χ3n) is 4.54. The number of rotatable bonds is 5. The van der Waals surface area contributed by atoms with Gasteiger partial charge in [0.1, 0.15) is 5.69 Å². The molecule has 0 radical (unpaired) electrons. The van der Waals surface area contributed by atoms with Gasteiger partial charge in [0.15, 0.2) is 11.7 Å². The highest BCUT2D eigenvalue weighted by atomic mass is 16.5. The molecule has 4 aromatic rings. The predicted molar refractivity (Wildman–Crippen MR) is 119 cm³/mol. The van der Waals surface area contributed by atoms with Crippen LogP contribution in [0, 0.1) is 0 Å². The van der Waals surface area contributed by atoms with Crippen molar-refractivity contribution in [3.63, 3.8) is 0 Å². The molecule has 0 spiro atoms. The number of nitrogens with zero attached hydrogens (tertiary/aromatic N) is 2. The summed E-state index contributed by atoms with van der Waals surface area (Å²) in [6.45, 7) is 0.294. The van der Waals surface area contributed by atoms with E-state index in [0.29, 0.717) is 23.7 Å². The van der Waals surface area contributed by atoms with Gasteiger partial charge in [-0.1, -0.05) is 78.0 Å².